The number of nitrogens with two attached hydrogens (primary N) is 1. The summed E-state index contributed by atoms with van der Waals surface area (Å²) in [6.45, 7) is 10.1. The van der Waals surface area contributed by atoms with E-state index in [-0.39, 0.29) is 43.0 Å². The second kappa shape index (κ2) is 10.3. The minimum Gasteiger partial charge on any atom is -0.462 e. The standard InChI is InChI=1S/C26H39N2O7P/c1-15(2)33-24(30)20(27)13-18-8-7-9-21-22(18)36(21,31)35-25(34-16(3)4)26(14-32-6)23(29)19-10-11-28(26)17(5)12-19/h7-9,15-17,19-20,25H,10-14,27H2,1-6H3. The molecule has 4 aliphatic rings. The highest BCUT2D eigenvalue weighted by Gasteiger charge is 2.64. The quantitative estimate of drug-likeness (QED) is 0.264. The molecule has 0 radical (unpaired) electrons. The number of carbonyl (C=O) groups is 2. The maximum Gasteiger partial charge on any atom is 0.323 e. The Hall–Kier alpha value is -1.61. The van der Waals surface area contributed by atoms with Gasteiger partial charge < -0.3 is 19.9 Å². The average Bonchev–Trinajstić information content (AvgIpc) is 3.40. The zero-order chi connectivity index (χ0) is 26.4. The zero-order valence-corrected chi connectivity index (χ0v) is 23.0. The number of hydrogen-bond acceptors (Lipinski definition) is 9. The van der Waals surface area contributed by atoms with Crippen molar-refractivity contribution in [3.63, 3.8) is 0 Å². The molecule has 5 rings (SSSR count). The van der Waals surface area contributed by atoms with Crippen LogP contribution in [0.5, 0.6) is 0 Å². The largest absolute Gasteiger partial charge is 0.462 e. The molecule has 1 aromatic rings. The fourth-order valence-electron chi connectivity index (χ4n) is 5.81. The van der Waals surface area contributed by atoms with Gasteiger partial charge in [-0.15, -0.1) is 0 Å². The van der Waals surface area contributed by atoms with Crippen molar-refractivity contribution < 1.29 is 32.9 Å². The van der Waals surface area contributed by atoms with E-state index in [1.807, 2.05) is 13.8 Å². The monoisotopic (exact) mass is 522 g/mol. The fraction of sp³-hybridized carbons (Fsp3) is 0.692. The summed E-state index contributed by atoms with van der Waals surface area (Å²) in [6, 6.07) is 4.58. The molecular formula is C26H39N2O7P. The summed E-state index contributed by atoms with van der Waals surface area (Å²) in [5.74, 6) is -0.592. The predicted molar refractivity (Wildman–Crippen MR) is 136 cm³/mol. The van der Waals surface area contributed by atoms with Gasteiger partial charge in [-0.25, -0.2) is 0 Å². The molecule has 36 heavy (non-hydrogen) atoms. The number of nitrogens with zero attached hydrogens (tertiary/aromatic N) is 1. The Balaban J connectivity index is 1.65. The van der Waals surface area contributed by atoms with Crippen LogP contribution in [0.1, 0.15) is 53.0 Å². The predicted octanol–water partition coefficient (Wildman–Crippen LogP) is 1.89. The molecule has 200 valence electrons. The first kappa shape index (κ1) is 27.4. The fourth-order valence-corrected chi connectivity index (χ4v) is 8.27. The first-order valence-corrected chi connectivity index (χ1v) is 14.4. The van der Waals surface area contributed by atoms with Gasteiger partial charge in [-0.05, 0) is 65.5 Å². The molecule has 4 aliphatic heterocycles. The third kappa shape index (κ3) is 4.70. The van der Waals surface area contributed by atoms with Crippen LogP contribution in [-0.4, -0.2) is 73.0 Å². The molecule has 7 unspecified atom stereocenters. The van der Waals surface area contributed by atoms with Crippen molar-refractivity contribution in [3.05, 3.63) is 23.8 Å². The van der Waals surface area contributed by atoms with Crippen LogP contribution in [-0.2, 0) is 39.3 Å². The average molecular weight is 523 g/mol. The van der Waals surface area contributed by atoms with E-state index >= 15 is 0 Å². The molecule has 3 fully saturated rings. The minimum absolute atomic E-state index is 0.0236. The third-order valence-electron chi connectivity index (χ3n) is 7.33. The number of fused-ring (bicyclic) bond motifs is 4. The van der Waals surface area contributed by atoms with E-state index in [1.165, 1.54) is 0 Å². The summed E-state index contributed by atoms with van der Waals surface area (Å²) in [5, 5.41) is 1.13. The van der Waals surface area contributed by atoms with Crippen molar-refractivity contribution in [2.75, 3.05) is 20.3 Å². The van der Waals surface area contributed by atoms with Gasteiger partial charge in [0.25, 0.3) is 7.37 Å². The Kier molecular flexibility index (Phi) is 7.83. The number of methoxy groups -OCH3 is 1. The molecule has 0 aromatic heterocycles. The van der Waals surface area contributed by atoms with Crippen LogP contribution in [0, 0.1) is 5.92 Å². The Labute approximate surface area is 213 Å². The van der Waals surface area contributed by atoms with E-state index in [0.29, 0.717) is 16.2 Å². The SMILES string of the molecule is COCC1(C(OC(C)C)OP2(=O)c3cccc(CC(N)C(=O)OC(C)C)c32)C(=O)C2CCN1C(C)C2. The number of esters is 1. The molecular weight excluding hydrogens is 483 g/mol. The molecule has 0 spiro atoms. The van der Waals surface area contributed by atoms with Crippen LogP contribution in [0.3, 0.4) is 0 Å². The maximum atomic E-state index is 14.2. The number of piperidine rings is 3. The highest BCUT2D eigenvalue weighted by molar-refractivity contribution is 7.85. The summed E-state index contributed by atoms with van der Waals surface area (Å²) in [4.78, 5) is 28.2. The van der Waals surface area contributed by atoms with Gasteiger partial charge in [0.1, 0.15) is 6.04 Å². The smallest absolute Gasteiger partial charge is 0.323 e. The van der Waals surface area contributed by atoms with Gasteiger partial charge in [-0.1, -0.05) is 12.1 Å². The number of ether oxygens (including phenoxy) is 3. The number of carbonyl (C=O) groups excluding carboxylic acids is 2. The first-order valence-electron chi connectivity index (χ1n) is 12.8. The minimum atomic E-state index is -3.45. The first-order chi connectivity index (χ1) is 17.0. The van der Waals surface area contributed by atoms with Gasteiger partial charge >= 0.3 is 5.97 Å². The molecule has 0 aliphatic carbocycles. The second-order valence-corrected chi connectivity index (χ2v) is 13.0. The molecule has 3 saturated heterocycles. The number of hydrogen-bond donors (Lipinski definition) is 1. The highest BCUT2D eigenvalue weighted by Crippen LogP contribution is 2.60. The summed E-state index contributed by atoms with van der Waals surface area (Å²) in [6.07, 6.45) is 0.106. The van der Waals surface area contributed by atoms with Gasteiger partial charge in [0.05, 0.1) is 29.4 Å². The Morgan fingerprint density at radius 1 is 1.25 bits per heavy atom. The lowest BCUT2D eigenvalue weighted by atomic mass is 9.70. The van der Waals surface area contributed by atoms with Crippen molar-refractivity contribution in [1.29, 1.82) is 0 Å². The lowest BCUT2D eigenvalue weighted by Gasteiger charge is -2.57. The topological polar surface area (TPSA) is 117 Å². The number of rotatable bonds is 11. The Morgan fingerprint density at radius 2 is 1.97 bits per heavy atom. The van der Waals surface area contributed by atoms with E-state index in [4.69, 9.17) is 24.5 Å². The number of Topliss-reactive ketones (excluding diaryl/α,β-unsaturated/α-hetero) is 1. The highest BCUT2D eigenvalue weighted by atomic mass is 31.2. The molecule has 10 heteroatoms. The molecule has 0 amide bonds. The summed E-state index contributed by atoms with van der Waals surface area (Å²) in [5.41, 5.74) is 5.59. The second-order valence-electron chi connectivity index (χ2n) is 10.7. The number of ketones is 1. The molecule has 2 bridgehead atoms. The van der Waals surface area contributed by atoms with Crippen LogP contribution < -0.4 is 16.3 Å². The van der Waals surface area contributed by atoms with Gasteiger partial charge in [0.2, 0.25) is 0 Å². The summed E-state index contributed by atoms with van der Waals surface area (Å²) >= 11 is 0. The molecule has 7 atom stereocenters. The van der Waals surface area contributed by atoms with Crippen LogP contribution in [0.25, 0.3) is 0 Å². The molecule has 0 saturated carbocycles. The Morgan fingerprint density at radius 3 is 2.58 bits per heavy atom. The summed E-state index contributed by atoms with van der Waals surface area (Å²) < 4.78 is 37.6. The number of benzene rings is 1. The van der Waals surface area contributed by atoms with Crippen LogP contribution in [0.4, 0.5) is 0 Å². The van der Waals surface area contributed by atoms with Gasteiger partial charge in [0.15, 0.2) is 17.6 Å². The van der Waals surface area contributed by atoms with Crippen LogP contribution in [0.15, 0.2) is 18.2 Å². The van der Waals surface area contributed by atoms with E-state index in [2.05, 4.69) is 11.8 Å². The van der Waals surface area contributed by atoms with E-state index in [1.54, 1.807) is 39.2 Å². The molecule has 4 heterocycles. The van der Waals surface area contributed by atoms with Gasteiger partial charge in [-0.2, -0.15) is 0 Å². The van der Waals surface area contributed by atoms with Gasteiger partial charge in [-0.3, -0.25) is 23.6 Å². The van der Waals surface area contributed by atoms with Crippen molar-refractivity contribution >= 4 is 29.7 Å². The lowest BCUT2D eigenvalue weighted by molar-refractivity contribution is -0.226. The normalized spacial score (nSPS) is 32.5. The van der Waals surface area contributed by atoms with Crippen LogP contribution >= 0.6 is 7.37 Å². The van der Waals surface area contributed by atoms with Crippen molar-refractivity contribution in [2.24, 2.45) is 11.7 Å². The molecule has 9 nitrogen and oxygen atoms in total. The van der Waals surface area contributed by atoms with Gasteiger partial charge in [0, 0.05) is 25.6 Å². The zero-order valence-electron chi connectivity index (χ0n) is 22.1. The van der Waals surface area contributed by atoms with Crippen molar-refractivity contribution in [2.45, 2.75) is 90.0 Å². The lowest BCUT2D eigenvalue weighted by Crippen LogP contribution is -2.75. The van der Waals surface area contributed by atoms with Crippen molar-refractivity contribution in [3.8, 4) is 0 Å². The van der Waals surface area contributed by atoms with Crippen molar-refractivity contribution in [1.82, 2.24) is 4.90 Å². The summed E-state index contributed by atoms with van der Waals surface area (Å²) in [7, 11) is -1.89. The molecule has 2 N–H and O–H groups in total. The van der Waals surface area contributed by atoms with E-state index in [9.17, 15) is 14.2 Å². The van der Waals surface area contributed by atoms with E-state index in [0.717, 1.165) is 19.4 Å². The Bertz CT molecular complexity index is 1060. The maximum absolute atomic E-state index is 14.2. The third-order valence-corrected chi connectivity index (χ3v) is 9.72. The van der Waals surface area contributed by atoms with Crippen LogP contribution in [0.2, 0.25) is 0 Å². The van der Waals surface area contributed by atoms with E-state index < -0.39 is 31.2 Å². The molecule has 1 aromatic carbocycles.